The van der Waals surface area contributed by atoms with Crippen molar-refractivity contribution >= 4 is 5.91 Å². The SMILES string of the molecule is CC(=O)NC1C(OCc2ccccc2)[C@H](O)C(COCc2ccccc2)O[C@H]1OCc1ccccc1. The molecule has 0 saturated carbocycles. The van der Waals surface area contributed by atoms with Crippen molar-refractivity contribution in [2.75, 3.05) is 6.61 Å². The first kappa shape index (κ1) is 26.0. The van der Waals surface area contributed by atoms with Gasteiger partial charge in [0, 0.05) is 6.92 Å². The highest BCUT2D eigenvalue weighted by Gasteiger charge is 2.47. The molecular weight excluding hydrogens is 458 g/mol. The Morgan fingerprint density at radius 2 is 1.31 bits per heavy atom. The van der Waals surface area contributed by atoms with E-state index in [0.717, 1.165) is 16.7 Å². The van der Waals surface area contributed by atoms with Gasteiger partial charge in [-0.1, -0.05) is 91.0 Å². The Balaban J connectivity index is 1.49. The number of carbonyl (C=O) groups excluding carboxylic acids is 1. The van der Waals surface area contributed by atoms with E-state index in [1.54, 1.807) is 0 Å². The van der Waals surface area contributed by atoms with E-state index >= 15 is 0 Å². The second-order valence-corrected chi connectivity index (χ2v) is 8.82. The van der Waals surface area contributed by atoms with Crippen molar-refractivity contribution in [3.05, 3.63) is 108 Å². The van der Waals surface area contributed by atoms with Crippen molar-refractivity contribution < 1.29 is 28.8 Å². The average Bonchev–Trinajstić information content (AvgIpc) is 2.90. The van der Waals surface area contributed by atoms with E-state index in [-0.39, 0.29) is 25.7 Å². The van der Waals surface area contributed by atoms with E-state index in [4.69, 9.17) is 18.9 Å². The zero-order valence-electron chi connectivity index (χ0n) is 20.4. The number of hydrogen-bond donors (Lipinski definition) is 2. The largest absolute Gasteiger partial charge is 0.388 e. The van der Waals surface area contributed by atoms with Crippen molar-refractivity contribution in [2.24, 2.45) is 0 Å². The summed E-state index contributed by atoms with van der Waals surface area (Å²) in [6.07, 6.45) is -3.37. The van der Waals surface area contributed by atoms with Gasteiger partial charge in [0.2, 0.25) is 5.91 Å². The summed E-state index contributed by atoms with van der Waals surface area (Å²) < 4.78 is 24.4. The molecule has 0 radical (unpaired) electrons. The lowest BCUT2D eigenvalue weighted by atomic mass is 9.96. The second-order valence-electron chi connectivity index (χ2n) is 8.82. The van der Waals surface area contributed by atoms with Gasteiger partial charge in [-0.05, 0) is 16.7 Å². The van der Waals surface area contributed by atoms with Crippen LogP contribution >= 0.6 is 0 Å². The van der Waals surface area contributed by atoms with Crippen molar-refractivity contribution in [3.63, 3.8) is 0 Å². The van der Waals surface area contributed by atoms with Crippen molar-refractivity contribution in [1.82, 2.24) is 5.32 Å². The molecule has 1 saturated heterocycles. The maximum Gasteiger partial charge on any atom is 0.217 e. The first-order chi connectivity index (χ1) is 17.6. The molecule has 190 valence electrons. The van der Waals surface area contributed by atoms with Gasteiger partial charge in [-0.25, -0.2) is 0 Å². The predicted molar refractivity (Wildman–Crippen MR) is 135 cm³/mol. The van der Waals surface area contributed by atoms with E-state index in [0.29, 0.717) is 6.61 Å². The highest BCUT2D eigenvalue weighted by molar-refractivity contribution is 5.73. The van der Waals surface area contributed by atoms with Crippen LogP contribution in [0.1, 0.15) is 23.6 Å². The first-order valence-electron chi connectivity index (χ1n) is 12.1. The summed E-state index contributed by atoms with van der Waals surface area (Å²) in [6, 6.07) is 28.5. The van der Waals surface area contributed by atoms with Crippen LogP contribution in [0.3, 0.4) is 0 Å². The summed E-state index contributed by atoms with van der Waals surface area (Å²) in [5.41, 5.74) is 2.94. The Morgan fingerprint density at radius 1 is 0.806 bits per heavy atom. The van der Waals surface area contributed by atoms with Crippen LogP contribution in [0.15, 0.2) is 91.0 Å². The smallest absolute Gasteiger partial charge is 0.217 e. The van der Waals surface area contributed by atoms with Gasteiger partial charge >= 0.3 is 0 Å². The average molecular weight is 492 g/mol. The first-order valence-corrected chi connectivity index (χ1v) is 12.1. The molecule has 1 amide bonds. The molecule has 3 aromatic rings. The maximum absolute atomic E-state index is 12.1. The Morgan fingerprint density at radius 3 is 1.83 bits per heavy atom. The summed E-state index contributed by atoms with van der Waals surface area (Å²) in [5, 5.41) is 14.1. The number of rotatable bonds is 11. The third kappa shape index (κ3) is 7.46. The van der Waals surface area contributed by atoms with Crippen LogP contribution in [0, 0.1) is 0 Å². The predicted octanol–water partition coefficient (Wildman–Crippen LogP) is 3.60. The standard InChI is InChI=1S/C29H33NO6/c1-21(31)30-26-28(34-18-23-13-7-3-8-14-23)27(32)25(20-33-17-22-11-5-2-6-12-22)36-29(26)35-19-24-15-9-4-10-16-24/h2-16,25-29,32H,17-20H2,1H3,(H,30,31)/t25?,26?,27-,28?,29-/m1/s1. The van der Waals surface area contributed by atoms with E-state index in [9.17, 15) is 9.90 Å². The number of ether oxygens (including phenoxy) is 4. The molecule has 1 fully saturated rings. The molecule has 4 rings (SSSR count). The fraction of sp³-hybridized carbons (Fsp3) is 0.345. The van der Waals surface area contributed by atoms with Crippen molar-refractivity contribution in [3.8, 4) is 0 Å². The lowest BCUT2D eigenvalue weighted by molar-refractivity contribution is -0.284. The molecule has 0 bridgehead atoms. The summed E-state index contributed by atoms with van der Waals surface area (Å²) in [7, 11) is 0. The zero-order valence-corrected chi connectivity index (χ0v) is 20.4. The van der Waals surface area contributed by atoms with Crippen molar-refractivity contribution in [1.29, 1.82) is 0 Å². The zero-order chi connectivity index (χ0) is 25.2. The molecular formula is C29H33NO6. The Labute approximate surface area is 212 Å². The van der Waals surface area contributed by atoms with Gasteiger partial charge < -0.3 is 29.4 Å². The van der Waals surface area contributed by atoms with Gasteiger partial charge in [0.15, 0.2) is 6.29 Å². The number of hydrogen-bond acceptors (Lipinski definition) is 6. The molecule has 0 aliphatic carbocycles. The molecule has 2 N–H and O–H groups in total. The van der Waals surface area contributed by atoms with Crippen LogP contribution in [-0.2, 0) is 43.6 Å². The summed E-state index contributed by atoms with van der Waals surface area (Å²) in [5.74, 6) is -0.267. The highest BCUT2D eigenvalue weighted by atomic mass is 16.7. The lowest BCUT2D eigenvalue weighted by Gasteiger charge is -2.44. The van der Waals surface area contributed by atoms with Crippen LogP contribution in [-0.4, -0.2) is 48.3 Å². The molecule has 1 aliphatic heterocycles. The molecule has 7 nitrogen and oxygen atoms in total. The number of carbonyl (C=O) groups is 1. The lowest BCUT2D eigenvalue weighted by Crippen LogP contribution is -2.65. The quantitative estimate of drug-likeness (QED) is 0.426. The van der Waals surface area contributed by atoms with Crippen LogP contribution in [0.25, 0.3) is 0 Å². The Bertz CT molecular complexity index is 1050. The fourth-order valence-electron chi connectivity index (χ4n) is 4.17. The van der Waals surface area contributed by atoms with Gasteiger partial charge in [0.25, 0.3) is 0 Å². The summed E-state index contributed by atoms with van der Waals surface area (Å²) in [4.78, 5) is 12.1. The third-order valence-electron chi connectivity index (χ3n) is 5.98. The Hall–Kier alpha value is -3.07. The number of aliphatic hydroxyl groups is 1. The van der Waals surface area contributed by atoms with E-state index in [1.165, 1.54) is 6.92 Å². The molecule has 3 unspecified atom stereocenters. The Kier molecular flexibility index (Phi) is 9.61. The van der Waals surface area contributed by atoms with E-state index in [2.05, 4.69) is 5.32 Å². The number of aliphatic hydroxyl groups excluding tert-OH is 1. The van der Waals surface area contributed by atoms with Gasteiger partial charge in [0.1, 0.15) is 24.4 Å². The fourth-order valence-corrected chi connectivity index (χ4v) is 4.17. The molecule has 1 aliphatic rings. The number of amides is 1. The third-order valence-corrected chi connectivity index (χ3v) is 5.98. The minimum atomic E-state index is -1.04. The van der Waals surface area contributed by atoms with Crippen LogP contribution in [0.2, 0.25) is 0 Å². The normalized spacial score (nSPS) is 23.8. The van der Waals surface area contributed by atoms with Crippen LogP contribution in [0.4, 0.5) is 0 Å². The summed E-state index contributed by atoms with van der Waals surface area (Å²) >= 11 is 0. The van der Waals surface area contributed by atoms with Gasteiger partial charge in [-0.15, -0.1) is 0 Å². The maximum atomic E-state index is 12.1. The van der Waals surface area contributed by atoms with Gasteiger partial charge in [0.05, 0.1) is 26.4 Å². The van der Waals surface area contributed by atoms with Crippen molar-refractivity contribution in [2.45, 2.75) is 57.4 Å². The summed E-state index contributed by atoms with van der Waals surface area (Å²) in [6.45, 7) is 2.49. The van der Waals surface area contributed by atoms with Crippen LogP contribution in [0.5, 0.6) is 0 Å². The monoisotopic (exact) mass is 491 g/mol. The highest BCUT2D eigenvalue weighted by Crippen LogP contribution is 2.27. The molecule has 7 heteroatoms. The minimum Gasteiger partial charge on any atom is -0.388 e. The van der Waals surface area contributed by atoms with Crippen LogP contribution < -0.4 is 5.32 Å². The number of nitrogens with one attached hydrogen (secondary N) is 1. The van der Waals surface area contributed by atoms with Gasteiger partial charge in [-0.3, -0.25) is 4.79 Å². The second kappa shape index (κ2) is 13.3. The minimum absolute atomic E-state index is 0.138. The molecule has 36 heavy (non-hydrogen) atoms. The molecule has 3 aromatic carbocycles. The molecule has 0 spiro atoms. The van der Waals surface area contributed by atoms with E-state index < -0.39 is 30.6 Å². The number of benzene rings is 3. The van der Waals surface area contributed by atoms with E-state index in [1.807, 2.05) is 91.0 Å². The molecule has 5 atom stereocenters. The molecule has 1 heterocycles. The molecule has 0 aromatic heterocycles. The van der Waals surface area contributed by atoms with Gasteiger partial charge in [-0.2, -0.15) is 0 Å². The topological polar surface area (TPSA) is 86.3 Å².